The van der Waals surface area contributed by atoms with Crippen molar-refractivity contribution in [2.24, 2.45) is 0 Å². The summed E-state index contributed by atoms with van der Waals surface area (Å²) in [6, 6.07) is 79.9. The van der Waals surface area contributed by atoms with Gasteiger partial charge in [-0.1, -0.05) is 152 Å². The molecule has 0 N–H and O–H groups in total. The van der Waals surface area contributed by atoms with Crippen molar-refractivity contribution in [1.82, 2.24) is 0 Å². The molecule has 258 valence electrons. The lowest BCUT2D eigenvalue weighted by Crippen LogP contribution is -2.28. The molecule has 2 aliphatic rings. The van der Waals surface area contributed by atoms with E-state index in [2.05, 4.69) is 228 Å². The summed E-state index contributed by atoms with van der Waals surface area (Å²) in [5, 5.41) is 2.50. The molecule has 0 saturated heterocycles. The number of fused-ring (bicyclic) bond motifs is 12. The Kier molecular flexibility index (Phi) is 7.11. The second-order valence-corrected chi connectivity index (χ2v) is 14.5. The third-order valence-electron chi connectivity index (χ3n) is 11.6. The summed E-state index contributed by atoms with van der Waals surface area (Å²) in [7, 11) is 0. The number of rotatable bonds is 6. The molecule has 0 saturated carbocycles. The number of anilines is 6. The quantitative estimate of drug-likeness (QED) is 0.170. The van der Waals surface area contributed by atoms with Gasteiger partial charge >= 0.3 is 0 Å². The third kappa shape index (κ3) is 4.62. The number of hydrogen-bond acceptors (Lipinski definition) is 2. The second kappa shape index (κ2) is 12.5. The maximum Gasteiger partial charge on any atom is 0.0746 e. The van der Waals surface area contributed by atoms with E-state index in [1.54, 1.807) is 0 Å². The van der Waals surface area contributed by atoms with E-state index in [0.717, 1.165) is 28.4 Å². The highest BCUT2D eigenvalue weighted by Gasteiger charge is 2.54. The fraction of sp³-hybridized carbons (Fsp3) is 0.0189. The first-order valence-corrected chi connectivity index (χ1v) is 19.0. The lowest BCUT2D eigenvalue weighted by Gasteiger charge is -2.36. The van der Waals surface area contributed by atoms with Gasteiger partial charge in [-0.25, -0.2) is 0 Å². The zero-order valence-corrected chi connectivity index (χ0v) is 30.2. The van der Waals surface area contributed by atoms with Crippen LogP contribution in [0.1, 0.15) is 22.3 Å². The highest BCUT2D eigenvalue weighted by Crippen LogP contribution is 2.67. The average molecular weight is 701 g/mol. The van der Waals surface area contributed by atoms with Crippen LogP contribution in [0.15, 0.2) is 218 Å². The molecule has 2 aliphatic carbocycles. The van der Waals surface area contributed by atoms with Gasteiger partial charge in [-0.05, 0) is 116 Å². The fourth-order valence-corrected chi connectivity index (χ4v) is 9.48. The van der Waals surface area contributed by atoms with E-state index >= 15 is 0 Å². The molecule has 0 aliphatic heterocycles. The van der Waals surface area contributed by atoms with E-state index in [1.165, 1.54) is 61.0 Å². The fourth-order valence-electron chi connectivity index (χ4n) is 9.48. The Morgan fingerprint density at radius 1 is 0.309 bits per heavy atom. The number of hydrogen-bond donors (Lipinski definition) is 0. The monoisotopic (exact) mass is 700 g/mol. The Morgan fingerprint density at radius 3 is 1.36 bits per heavy atom. The van der Waals surface area contributed by atoms with E-state index in [9.17, 15) is 0 Å². The van der Waals surface area contributed by atoms with Crippen LogP contribution in [0.25, 0.3) is 33.0 Å². The molecule has 55 heavy (non-hydrogen) atoms. The summed E-state index contributed by atoms with van der Waals surface area (Å²) in [5.41, 5.74) is 16.7. The van der Waals surface area contributed by atoms with Crippen molar-refractivity contribution in [2.45, 2.75) is 5.41 Å². The van der Waals surface area contributed by atoms with Gasteiger partial charge in [0.15, 0.2) is 0 Å². The minimum Gasteiger partial charge on any atom is -0.310 e. The van der Waals surface area contributed by atoms with Gasteiger partial charge in [0.2, 0.25) is 0 Å². The highest BCUT2D eigenvalue weighted by atomic mass is 15.2. The molecule has 0 bridgehead atoms. The molecule has 0 aromatic heterocycles. The Hall–Kier alpha value is -7.16. The van der Waals surface area contributed by atoms with Crippen molar-refractivity contribution in [3.63, 3.8) is 0 Å². The van der Waals surface area contributed by atoms with Crippen LogP contribution in [0, 0.1) is 0 Å². The van der Waals surface area contributed by atoms with Crippen molar-refractivity contribution < 1.29 is 0 Å². The summed E-state index contributed by atoms with van der Waals surface area (Å²) < 4.78 is 0. The van der Waals surface area contributed by atoms with Crippen molar-refractivity contribution in [3.8, 4) is 22.3 Å². The van der Waals surface area contributed by atoms with Crippen LogP contribution in [-0.2, 0) is 5.41 Å². The average Bonchev–Trinajstić information content (AvgIpc) is 3.73. The Morgan fingerprint density at radius 2 is 0.764 bits per heavy atom. The highest BCUT2D eigenvalue weighted by molar-refractivity contribution is 6.10. The van der Waals surface area contributed by atoms with Gasteiger partial charge in [-0.15, -0.1) is 0 Å². The third-order valence-corrected chi connectivity index (χ3v) is 11.6. The molecule has 1 unspecified atom stereocenters. The van der Waals surface area contributed by atoms with Crippen LogP contribution in [0.5, 0.6) is 0 Å². The molecule has 1 atom stereocenters. The lowest BCUT2D eigenvalue weighted by molar-refractivity contribution is 0.793. The summed E-state index contributed by atoms with van der Waals surface area (Å²) in [6.07, 6.45) is 0. The minimum atomic E-state index is -0.568. The van der Waals surface area contributed by atoms with E-state index in [4.69, 9.17) is 0 Å². The molecule has 2 heteroatoms. The predicted octanol–water partition coefficient (Wildman–Crippen LogP) is 14.1. The van der Waals surface area contributed by atoms with Gasteiger partial charge in [0.1, 0.15) is 0 Å². The van der Waals surface area contributed by atoms with Crippen molar-refractivity contribution >= 4 is 44.9 Å². The molecule has 11 rings (SSSR count). The zero-order chi connectivity index (χ0) is 36.3. The summed E-state index contributed by atoms with van der Waals surface area (Å²) in [6.45, 7) is 0. The van der Waals surface area contributed by atoms with Gasteiger partial charge in [-0.2, -0.15) is 0 Å². The van der Waals surface area contributed by atoms with E-state index in [-0.39, 0.29) is 0 Å². The first-order valence-electron chi connectivity index (χ1n) is 19.0. The molecular weight excluding hydrogens is 665 g/mol. The summed E-state index contributed by atoms with van der Waals surface area (Å²) in [4.78, 5) is 4.84. The van der Waals surface area contributed by atoms with Gasteiger partial charge in [0.25, 0.3) is 0 Å². The normalized spacial score (nSPS) is 14.6. The minimum absolute atomic E-state index is 0.568. The summed E-state index contributed by atoms with van der Waals surface area (Å²) in [5.74, 6) is 0. The maximum atomic E-state index is 2.47. The Labute approximate surface area is 321 Å². The maximum absolute atomic E-state index is 2.47. The Balaban J connectivity index is 1.26. The SMILES string of the molecule is c1ccc(N(c2ccccc2)c2ccc3c(c2)-c2ccccc2C32c3ccccc3-c3c2c(N(c2ccccc2)c2ccccc2)cc2ccccc32)cc1. The molecular formula is C53H36N2. The smallest absolute Gasteiger partial charge is 0.0746 e. The van der Waals surface area contributed by atoms with Crippen LogP contribution in [0.2, 0.25) is 0 Å². The molecule has 1 spiro atoms. The van der Waals surface area contributed by atoms with Crippen LogP contribution in [0.3, 0.4) is 0 Å². The van der Waals surface area contributed by atoms with Gasteiger partial charge in [-0.3, -0.25) is 0 Å². The van der Waals surface area contributed by atoms with Gasteiger partial charge < -0.3 is 9.80 Å². The molecule has 0 amide bonds. The standard InChI is InChI=1S/C53H36N2/c1-5-20-38(21-6-1)54(39-22-7-2-8-23-39)42-33-34-49-46(36-42)44-29-15-17-31-47(44)53(49)48-32-18-16-30-45(48)51-43-28-14-13-19-37(43)35-50(52(51)53)55(40-24-9-3-10-25-40)41-26-11-4-12-27-41/h1-36H. The lowest BCUT2D eigenvalue weighted by atomic mass is 9.69. The van der Waals surface area contributed by atoms with E-state index in [1.807, 2.05) is 0 Å². The van der Waals surface area contributed by atoms with E-state index in [0.29, 0.717) is 0 Å². The molecule has 2 nitrogen and oxygen atoms in total. The summed E-state index contributed by atoms with van der Waals surface area (Å²) >= 11 is 0. The van der Waals surface area contributed by atoms with Crippen molar-refractivity contribution in [1.29, 1.82) is 0 Å². The molecule has 0 radical (unpaired) electrons. The zero-order valence-electron chi connectivity index (χ0n) is 30.2. The number of para-hydroxylation sites is 4. The van der Waals surface area contributed by atoms with Crippen LogP contribution < -0.4 is 9.80 Å². The van der Waals surface area contributed by atoms with Crippen molar-refractivity contribution in [2.75, 3.05) is 9.80 Å². The topological polar surface area (TPSA) is 6.48 Å². The predicted molar refractivity (Wildman–Crippen MR) is 230 cm³/mol. The first kappa shape index (κ1) is 31.4. The number of nitrogens with zero attached hydrogens (tertiary/aromatic N) is 2. The first-order chi connectivity index (χ1) is 27.3. The van der Waals surface area contributed by atoms with Crippen LogP contribution >= 0.6 is 0 Å². The molecule has 0 fully saturated rings. The second-order valence-electron chi connectivity index (χ2n) is 14.5. The van der Waals surface area contributed by atoms with Gasteiger partial charge in [0, 0.05) is 34.0 Å². The molecule has 9 aromatic rings. The molecule has 9 aromatic carbocycles. The van der Waals surface area contributed by atoms with Crippen molar-refractivity contribution in [3.05, 3.63) is 241 Å². The largest absolute Gasteiger partial charge is 0.310 e. The van der Waals surface area contributed by atoms with Crippen LogP contribution in [0.4, 0.5) is 34.1 Å². The molecule has 0 heterocycles. The Bertz CT molecular complexity index is 2790. The van der Waals surface area contributed by atoms with E-state index < -0.39 is 5.41 Å². The number of benzene rings is 9. The van der Waals surface area contributed by atoms with Gasteiger partial charge in [0.05, 0.1) is 11.1 Å². The van der Waals surface area contributed by atoms with Crippen LogP contribution in [-0.4, -0.2) is 0 Å².